The molecule has 0 amide bonds. The molecule has 2 rings (SSSR count). The Bertz CT molecular complexity index is 452. The van der Waals surface area contributed by atoms with Crippen LogP contribution in [0.2, 0.25) is 0 Å². The number of aryl methyl sites for hydroxylation is 1. The van der Waals surface area contributed by atoms with Gasteiger partial charge in [-0.15, -0.1) is 5.10 Å². The lowest BCUT2D eigenvalue weighted by Gasteiger charge is -2.33. The molecule has 8 heteroatoms. The lowest BCUT2D eigenvalue weighted by molar-refractivity contribution is -0.173. The van der Waals surface area contributed by atoms with Crippen LogP contribution in [0.5, 0.6) is 0 Å². The quantitative estimate of drug-likeness (QED) is 0.812. The number of hydrogen-bond donors (Lipinski definition) is 1. The minimum Gasteiger partial charge on any atom is -0.371 e. The van der Waals surface area contributed by atoms with Crippen molar-refractivity contribution in [3.05, 3.63) is 17.8 Å². The second-order valence-corrected chi connectivity index (χ2v) is 5.44. The number of aromatic nitrogens is 2. The molecule has 0 aromatic carbocycles. The predicted octanol–water partition coefficient (Wildman–Crippen LogP) is 1.92. The Hall–Kier alpha value is -1.41. The van der Waals surface area contributed by atoms with E-state index in [2.05, 4.69) is 25.2 Å². The molecule has 1 fully saturated rings. The van der Waals surface area contributed by atoms with Gasteiger partial charge in [0.2, 0.25) is 0 Å². The monoisotopic (exact) mass is 318 g/mol. The van der Waals surface area contributed by atoms with Crippen molar-refractivity contribution in [2.45, 2.75) is 32.0 Å². The number of anilines is 1. The molecule has 1 aliphatic heterocycles. The van der Waals surface area contributed by atoms with Crippen LogP contribution in [0.1, 0.15) is 18.5 Å². The van der Waals surface area contributed by atoms with E-state index in [9.17, 15) is 13.2 Å². The largest absolute Gasteiger partial charge is 0.411 e. The minimum atomic E-state index is -4.26. The summed E-state index contributed by atoms with van der Waals surface area (Å²) in [7, 11) is 0. The molecule has 0 saturated carbocycles. The van der Waals surface area contributed by atoms with E-state index < -0.39 is 12.8 Å². The molecule has 1 N–H and O–H groups in total. The van der Waals surface area contributed by atoms with Crippen molar-refractivity contribution < 1.29 is 17.9 Å². The van der Waals surface area contributed by atoms with E-state index in [0.29, 0.717) is 6.54 Å². The fraction of sp³-hybridized carbons (Fsp3) is 0.714. The third-order valence-corrected chi connectivity index (χ3v) is 3.47. The minimum absolute atomic E-state index is 0.0559. The lowest BCUT2D eigenvalue weighted by atomic mass is 10.1. The molecule has 1 aromatic heterocycles. The number of hydrogen-bond acceptors (Lipinski definition) is 5. The van der Waals surface area contributed by atoms with Gasteiger partial charge in [0.1, 0.15) is 6.61 Å². The molecule has 0 aliphatic carbocycles. The van der Waals surface area contributed by atoms with Gasteiger partial charge in [0, 0.05) is 25.7 Å². The SMILES string of the molecule is Cc1ccc(N2CCCC(NCCOCC(F)(F)F)C2)nn1. The van der Waals surface area contributed by atoms with Gasteiger partial charge in [-0.3, -0.25) is 0 Å². The predicted molar refractivity (Wildman–Crippen MR) is 76.9 cm³/mol. The number of halogens is 3. The highest BCUT2D eigenvalue weighted by atomic mass is 19.4. The van der Waals surface area contributed by atoms with Crippen molar-refractivity contribution in [1.82, 2.24) is 15.5 Å². The Balaban J connectivity index is 1.71. The first-order valence-corrected chi connectivity index (χ1v) is 7.37. The Morgan fingerprint density at radius 3 is 2.86 bits per heavy atom. The van der Waals surface area contributed by atoms with E-state index in [1.165, 1.54) is 0 Å². The van der Waals surface area contributed by atoms with Crippen molar-refractivity contribution in [2.75, 3.05) is 37.7 Å². The van der Waals surface area contributed by atoms with E-state index in [1.54, 1.807) is 0 Å². The van der Waals surface area contributed by atoms with Gasteiger partial charge in [-0.05, 0) is 31.9 Å². The van der Waals surface area contributed by atoms with Crippen LogP contribution in [0, 0.1) is 6.92 Å². The van der Waals surface area contributed by atoms with Gasteiger partial charge in [0.25, 0.3) is 0 Å². The lowest BCUT2D eigenvalue weighted by Crippen LogP contribution is -2.47. The van der Waals surface area contributed by atoms with Crippen molar-refractivity contribution in [2.24, 2.45) is 0 Å². The maximum Gasteiger partial charge on any atom is 0.411 e. The topological polar surface area (TPSA) is 50.3 Å². The number of alkyl halides is 3. The summed E-state index contributed by atoms with van der Waals surface area (Å²) in [4.78, 5) is 2.14. The molecule has 0 radical (unpaired) electrons. The van der Waals surface area contributed by atoms with Crippen LogP contribution in [-0.2, 0) is 4.74 Å². The summed E-state index contributed by atoms with van der Waals surface area (Å²) in [5, 5.41) is 11.5. The molecule has 1 atom stereocenters. The first-order chi connectivity index (χ1) is 10.4. The average molecular weight is 318 g/mol. The Morgan fingerprint density at radius 2 is 2.18 bits per heavy atom. The van der Waals surface area contributed by atoms with Crippen LogP contribution in [0.4, 0.5) is 19.0 Å². The summed E-state index contributed by atoms with van der Waals surface area (Å²) in [6.45, 7) is 2.86. The summed E-state index contributed by atoms with van der Waals surface area (Å²) in [6, 6.07) is 4.09. The highest BCUT2D eigenvalue weighted by Gasteiger charge is 2.27. The van der Waals surface area contributed by atoms with Gasteiger partial charge < -0.3 is 15.0 Å². The van der Waals surface area contributed by atoms with E-state index in [1.807, 2.05) is 19.1 Å². The molecule has 1 aromatic rings. The Morgan fingerprint density at radius 1 is 1.36 bits per heavy atom. The molecule has 1 saturated heterocycles. The number of piperidine rings is 1. The van der Waals surface area contributed by atoms with Crippen LogP contribution < -0.4 is 10.2 Å². The Kier molecular flexibility index (Phi) is 5.96. The van der Waals surface area contributed by atoms with Crippen molar-refractivity contribution in [1.29, 1.82) is 0 Å². The number of ether oxygens (including phenoxy) is 1. The average Bonchev–Trinajstić information content (AvgIpc) is 2.47. The second kappa shape index (κ2) is 7.73. The molecular weight excluding hydrogens is 297 g/mol. The summed E-state index contributed by atoms with van der Waals surface area (Å²) in [5.41, 5.74) is 0.872. The van der Waals surface area contributed by atoms with Gasteiger partial charge in [0.05, 0.1) is 12.3 Å². The summed E-state index contributed by atoms with van der Waals surface area (Å²) in [5.74, 6) is 0.838. The zero-order valence-corrected chi connectivity index (χ0v) is 12.6. The smallest absolute Gasteiger partial charge is 0.371 e. The van der Waals surface area contributed by atoms with Crippen LogP contribution in [0.25, 0.3) is 0 Å². The van der Waals surface area contributed by atoms with Crippen molar-refractivity contribution >= 4 is 5.82 Å². The normalized spacial score (nSPS) is 19.5. The first-order valence-electron chi connectivity index (χ1n) is 7.37. The summed E-state index contributed by atoms with van der Waals surface area (Å²) < 4.78 is 40.4. The molecule has 124 valence electrons. The molecule has 2 heterocycles. The molecular formula is C14H21F3N4O. The second-order valence-electron chi connectivity index (χ2n) is 5.44. The maximum absolute atomic E-state index is 11.9. The molecule has 22 heavy (non-hydrogen) atoms. The van der Waals surface area contributed by atoms with Crippen LogP contribution in [-0.4, -0.2) is 55.3 Å². The number of nitrogens with one attached hydrogen (secondary N) is 1. The van der Waals surface area contributed by atoms with Gasteiger partial charge in [-0.2, -0.15) is 18.3 Å². The molecule has 1 unspecified atom stereocenters. The van der Waals surface area contributed by atoms with Crippen LogP contribution in [0.15, 0.2) is 12.1 Å². The van der Waals surface area contributed by atoms with Gasteiger partial charge in [-0.1, -0.05) is 0 Å². The zero-order valence-electron chi connectivity index (χ0n) is 12.6. The summed E-state index contributed by atoms with van der Waals surface area (Å²) >= 11 is 0. The van der Waals surface area contributed by atoms with Gasteiger partial charge in [-0.25, -0.2) is 0 Å². The summed E-state index contributed by atoms with van der Waals surface area (Å²) in [6.07, 6.45) is -2.25. The fourth-order valence-corrected chi connectivity index (χ4v) is 2.44. The maximum atomic E-state index is 11.9. The number of rotatable bonds is 6. The molecule has 0 bridgehead atoms. The van der Waals surface area contributed by atoms with E-state index in [0.717, 1.165) is 37.4 Å². The van der Waals surface area contributed by atoms with Crippen LogP contribution >= 0.6 is 0 Å². The zero-order chi connectivity index (χ0) is 16.0. The van der Waals surface area contributed by atoms with Gasteiger partial charge in [0.15, 0.2) is 5.82 Å². The third-order valence-electron chi connectivity index (χ3n) is 3.47. The van der Waals surface area contributed by atoms with Crippen molar-refractivity contribution in [3.8, 4) is 0 Å². The Labute approximate surface area is 127 Å². The third kappa shape index (κ3) is 5.76. The van der Waals surface area contributed by atoms with E-state index in [-0.39, 0.29) is 12.6 Å². The first kappa shape index (κ1) is 17.0. The molecule has 5 nitrogen and oxygen atoms in total. The molecule has 0 spiro atoms. The van der Waals surface area contributed by atoms with Crippen molar-refractivity contribution in [3.63, 3.8) is 0 Å². The molecule has 1 aliphatic rings. The standard InChI is InChI=1S/C14H21F3N4O/c1-11-4-5-13(20-19-11)21-7-2-3-12(9-21)18-6-8-22-10-14(15,16)17/h4-5,12,18H,2-3,6-10H2,1H3. The van der Waals surface area contributed by atoms with E-state index >= 15 is 0 Å². The number of nitrogens with zero attached hydrogens (tertiary/aromatic N) is 3. The van der Waals surface area contributed by atoms with E-state index in [4.69, 9.17) is 0 Å². The van der Waals surface area contributed by atoms with Crippen LogP contribution in [0.3, 0.4) is 0 Å². The van der Waals surface area contributed by atoms with Gasteiger partial charge >= 0.3 is 6.18 Å². The highest BCUT2D eigenvalue weighted by molar-refractivity contribution is 5.38. The fourth-order valence-electron chi connectivity index (χ4n) is 2.44. The highest BCUT2D eigenvalue weighted by Crippen LogP contribution is 2.17.